The van der Waals surface area contributed by atoms with Crippen molar-refractivity contribution in [2.45, 2.75) is 6.92 Å². The maximum atomic E-state index is 12.7. The molecule has 0 aromatic heterocycles. The molecule has 0 atom stereocenters. The Labute approximate surface area is 151 Å². The number of halogens is 1. The molecular formula is C20H18ClNO3. The van der Waals surface area contributed by atoms with Crippen LogP contribution in [-0.2, 0) is 0 Å². The Morgan fingerprint density at radius 3 is 2.64 bits per heavy atom. The van der Waals surface area contributed by atoms with Gasteiger partial charge in [0.25, 0.3) is 5.91 Å². The van der Waals surface area contributed by atoms with E-state index in [4.69, 9.17) is 21.1 Å². The van der Waals surface area contributed by atoms with Crippen LogP contribution in [0.15, 0.2) is 54.6 Å². The lowest BCUT2D eigenvalue weighted by Gasteiger charge is -2.14. The number of hydrogen-bond donors (Lipinski definition) is 1. The predicted molar refractivity (Wildman–Crippen MR) is 101 cm³/mol. The molecule has 0 saturated carbocycles. The first-order valence-corrected chi connectivity index (χ1v) is 8.31. The molecule has 3 aromatic carbocycles. The SMILES string of the molecule is CCOc1c(Cl)cc(C(=O)Nc2cccc3ccccc23)cc1OC. The second-order valence-corrected chi connectivity index (χ2v) is 5.81. The summed E-state index contributed by atoms with van der Waals surface area (Å²) >= 11 is 6.25. The Bertz CT molecular complexity index is 919. The molecule has 0 bridgehead atoms. The number of methoxy groups -OCH3 is 1. The lowest BCUT2D eigenvalue weighted by atomic mass is 10.1. The average Bonchev–Trinajstić information content (AvgIpc) is 2.63. The number of rotatable bonds is 5. The molecule has 3 rings (SSSR count). The molecule has 0 spiro atoms. The van der Waals surface area contributed by atoms with Crippen molar-refractivity contribution in [1.82, 2.24) is 0 Å². The van der Waals surface area contributed by atoms with E-state index < -0.39 is 0 Å². The van der Waals surface area contributed by atoms with Crippen molar-refractivity contribution < 1.29 is 14.3 Å². The van der Waals surface area contributed by atoms with Gasteiger partial charge in [0.05, 0.1) is 18.7 Å². The third kappa shape index (κ3) is 3.54. The first-order valence-electron chi connectivity index (χ1n) is 7.93. The Morgan fingerprint density at radius 2 is 1.88 bits per heavy atom. The highest BCUT2D eigenvalue weighted by molar-refractivity contribution is 6.32. The summed E-state index contributed by atoms with van der Waals surface area (Å²) in [7, 11) is 1.51. The first kappa shape index (κ1) is 17.1. The number of ether oxygens (including phenoxy) is 2. The summed E-state index contributed by atoms with van der Waals surface area (Å²) in [6, 6.07) is 16.9. The topological polar surface area (TPSA) is 47.6 Å². The molecule has 5 heteroatoms. The Morgan fingerprint density at radius 1 is 1.12 bits per heavy atom. The average molecular weight is 356 g/mol. The monoisotopic (exact) mass is 355 g/mol. The van der Waals surface area contributed by atoms with Crippen LogP contribution in [0.4, 0.5) is 5.69 Å². The number of hydrogen-bond acceptors (Lipinski definition) is 3. The molecule has 0 fully saturated rings. The Balaban J connectivity index is 1.94. The number of carbonyl (C=O) groups is 1. The van der Waals surface area contributed by atoms with Crippen LogP contribution in [0.25, 0.3) is 10.8 Å². The minimum absolute atomic E-state index is 0.264. The molecule has 0 aliphatic heterocycles. The van der Waals surface area contributed by atoms with E-state index in [9.17, 15) is 4.79 Å². The van der Waals surface area contributed by atoms with Crippen LogP contribution >= 0.6 is 11.6 Å². The number of amides is 1. The molecule has 1 amide bonds. The zero-order valence-electron chi connectivity index (χ0n) is 14.0. The van der Waals surface area contributed by atoms with Gasteiger partial charge in [0.1, 0.15) is 0 Å². The van der Waals surface area contributed by atoms with Gasteiger partial charge in [-0.15, -0.1) is 0 Å². The number of anilines is 1. The van der Waals surface area contributed by atoms with E-state index >= 15 is 0 Å². The van der Waals surface area contributed by atoms with Crippen molar-refractivity contribution >= 4 is 34.0 Å². The summed E-state index contributed by atoms with van der Waals surface area (Å²) in [5, 5.41) is 5.31. The molecule has 0 saturated heterocycles. The largest absolute Gasteiger partial charge is 0.493 e. The number of fused-ring (bicyclic) bond motifs is 1. The van der Waals surface area contributed by atoms with Gasteiger partial charge in [-0.3, -0.25) is 4.79 Å². The summed E-state index contributed by atoms with van der Waals surface area (Å²) in [4.78, 5) is 12.7. The Kier molecular flexibility index (Phi) is 5.10. The molecule has 0 radical (unpaired) electrons. The molecule has 0 aliphatic rings. The van der Waals surface area contributed by atoms with E-state index in [1.165, 1.54) is 7.11 Å². The zero-order valence-corrected chi connectivity index (χ0v) is 14.8. The standard InChI is InChI=1S/C20H18ClNO3/c1-3-25-19-16(21)11-14(12-18(19)24-2)20(23)22-17-10-6-8-13-7-4-5-9-15(13)17/h4-12H,3H2,1-2H3,(H,22,23). The van der Waals surface area contributed by atoms with Gasteiger partial charge in [-0.2, -0.15) is 0 Å². The van der Waals surface area contributed by atoms with E-state index in [0.717, 1.165) is 16.5 Å². The van der Waals surface area contributed by atoms with Gasteiger partial charge in [0, 0.05) is 16.6 Å². The second-order valence-electron chi connectivity index (χ2n) is 5.40. The van der Waals surface area contributed by atoms with Crippen molar-refractivity contribution in [2.75, 3.05) is 19.0 Å². The van der Waals surface area contributed by atoms with Crippen LogP contribution in [0.5, 0.6) is 11.5 Å². The highest BCUT2D eigenvalue weighted by Crippen LogP contribution is 2.36. The van der Waals surface area contributed by atoms with Crippen molar-refractivity contribution in [3.05, 3.63) is 65.2 Å². The molecule has 25 heavy (non-hydrogen) atoms. The molecule has 4 nitrogen and oxygen atoms in total. The molecule has 0 heterocycles. The van der Waals surface area contributed by atoms with Crippen LogP contribution < -0.4 is 14.8 Å². The lowest BCUT2D eigenvalue weighted by Crippen LogP contribution is -2.12. The quantitative estimate of drug-likeness (QED) is 0.688. The fourth-order valence-electron chi connectivity index (χ4n) is 2.66. The van der Waals surface area contributed by atoms with E-state index in [1.54, 1.807) is 12.1 Å². The number of benzene rings is 3. The summed E-state index contributed by atoms with van der Waals surface area (Å²) in [6.45, 7) is 2.31. The second kappa shape index (κ2) is 7.45. The van der Waals surface area contributed by atoms with Gasteiger partial charge >= 0.3 is 0 Å². The first-order chi connectivity index (χ1) is 12.1. The van der Waals surface area contributed by atoms with Crippen molar-refractivity contribution in [3.63, 3.8) is 0 Å². The maximum absolute atomic E-state index is 12.7. The van der Waals surface area contributed by atoms with E-state index in [0.29, 0.717) is 28.7 Å². The fraction of sp³-hybridized carbons (Fsp3) is 0.150. The summed E-state index contributed by atoms with van der Waals surface area (Å²) < 4.78 is 10.8. The van der Waals surface area contributed by atoms with E-state index in [-0.39, 0.29) is 5.91 Å². The normalized spacial score (nSPS) is 10.5. The van der Waals surface area contributed by atoms with Crippen LogP contribution in [0.3, 0.4) is 0 Å². The van der Waals surface area contributed by atoms with Gasteiger partial charge < -0.3 is 14.8 Å². The Hall–Kier alpha value is -2.72. The number of carbonyl (C=O) groups excluding carboxylic acids is 1. The van der Waals surface area contributed by atoms with Crippen LogP contribution in [0, 0.1) is 0 Å². The van der Waals surface area contributed by atoms with Gasteiger partial charge in [0.15, 0.2) is 11.5 Å². The molecule has 0 unspecified atom stereocenters. The van der Waals surface area contributed by atoms with Gasteiger partial charge in [-0.25, -0.2) is 0 Å². The van der Waals surface area contributed by atoms with Gasteiger partial charge in [-0.1, -0.05) is 48.0 Å². The van der Waals surface area contributed by atoms with E-state index in [2.05, 4.69) is 5.32 Å². The molecular weight excluding hydrogens is 338 g/mol. The smallest absolute Gasteiger partial charge is 0.255 e. The highest BCUT2D eigenvalue weighted by Gasteiger charge is 2.16. The number of nitrogens with one attached hydrogen (secondary N) is 1. The van der Waals surface area contributed by atoms with Gasteiger partial charge in [-0.05, 0) is 30.5 Å². The minimum atomic E-state index is -0.264. The third-order valence-electron chi connectivity index (χ3n) is 3.82. The van der Waals surface area contributed by atoms with Gasteiger partial charge in [0.2, 0.25) is 0 Å². The fourth-order valence-corrected chi connectivity index (χ4v) is 2.93. The minimum Gasteiger partial charge on any atom is -0.493 e. The molecule has 0 aliphatic carbocycles. The van der Waals surface area contributed by atoms with E-state index in [1.807, 2.05) is 49.4 Å². The summed E-state index contributed by atoms with van der Waals surface area (Å²) in [5.74, 6) is 0.602. The highest BCUT2D eigenvalue weighted by atomic mass is 35.5. The maximum Gasteiger partial charge on any atom is 0.255 e. The lowest BCUT2D eigenvalue weighted by molar-refractivity contribution is 0.102. The van der Waals surface area contributed by atoms with Crippen LogP contribution in [-0.4, -0.2) is 19.6 Å². The van der Waals surface area contributed by atoms with Crippen molar-refractivity contribution in [1.29, 1.82) is 0 Å². The van der Waals surface area contributed by atoms with Crippen LogP contribution in [0.2, 0.25) is 5.02 Å². The molecule has 1 N–H and O–H groups in total. The third-order valence-corrected chi connectivity index (χ3v) is 4.10. The summed E-state index contributed by atoms with van der Waals surface area (Å²) in [6.07, 6.45) is 0. The predicted octanol–water partition coefficient (Wildman–Crippen LogP) is 5.15. The van der Waals surface area contributed by atoms with Crippen LogP contribution in [0.1, 0.15) is 17.3 Å². The zero-order chi connectivity index (χ0) is 17.8. The molecule has 128 valence electrons. The van der Waals surface area contributed by atoms with Crippen molar-refractivity contribution in [3.8, 4) is 11.5 Å². The molecule has 3 aromatic rings. The summed E-state index contributed by atoms with van der Waals surface area (Å²) in [5.41, 5.74) is 1.14. The van der Waals surface area contributed by atoms with Crippen molar-refractivity contribution in [2.24, 2.45) is 0 Å².